The Kier molecular flexibility index (Phi) is 3.10. The van der Waals surface area contributed by atoms with E-state index in [1.807, 2.05) is 30.3 Å². The number of rotatable bonds is 3. The Bertz CT molecular complexity index is 370. The fourth-order valence-electron chi connectivity index (χ4n) is 2.28. The molecule has 0 amide bonds. The molecule has 86 valence electrons. The molecule has 16 heavy (non-hydrogen) atoms. The van der Waals surface area contributed by atoms with Gasteiger partial charge in [-0.3, -0.25) is 9.69 Å². The Morgan fingerprint density at radius 1 is 1.31 bits per heavy atom. The molecule has 1 aliphatic heterocycles. The lowest BCUT2D eigenvalue weighted by atomic mass is 9.93. The zero-order valence-electron chi connectivity index (χ0n) is 10.1. The van der Waals surface area contributed by atoms with Crippen LogP contribution in [0.2, 0.25) is 0 Å². The van der Waals surface area contributed by atoms with Crippen molar-refractivity contribution in [1.82, 2.24) is 4.90 Å². The van der Waals surface area contributed by atoms with Gasteiger partial charge in [0.05, 0.1) is 6.54 Å². The number of hydrogen-bond acceptors (Lipinski definition) is 2. The summed E-state index contributed by atoms with van der Waals surface area (Å²) in [6, 6.07) is 9.56. The van der Waals surface area contributed by atoms with Crippen LogP contribution in [0.5, 0.6) is 0 Å². The molecule has 0 N–H and O–H groups in total. The van der Waals surface area contributed by atoms with E-state index in [1.165, 1.54) is 6.42 Å². The minimum Gasteiger partial charge on any atom is -0.295 e. The smallest absolute Gasteiger partial charge is 0.176 e. The number of carbonyl (C=O) groups excluding carboxylic acids is 1. The van der Waals surface area contributed by atoms with Gasteiger partial charge in [-0.1, -0.05) is 44.2 Å². The third kappa shape index (κ3) is 2.70. The highest BCUT2D eigenvalue weighted by Gasteiger charge is 2.29. The summed E-state index contributed by atoms with van der Waals surface area (Å²) < 4.78 is 0. The van der Waals surface area contributed by atoms with Gasteiger partial charge in [-0.05, 0) is 18.4 Å². The van der Waals surface area contributed by atoms with Crippen LogP contribution in [0.1, 0.15) is 30.6 Å². The molecule has 0 saturated carbocycles. The number of carbonyl (C=O) groups is 1. The van der Waals surface area contributed by atoms with E-state index >= 15 is 0 Å². The van der Waals surface area contributed by atoms with Crippen LogP contribution in [-0.2, 0) is 0 Å². The number of ketones is 1. The first-order chi connectivity index (χ1) is 7.57. The lowest BCUT2D eigenvalue weighted by Crippen LogP contribution is -2.29. The summed E-state index contributed by atoms with van der Waals surface area (Å²) in [5, 5.41) is 0. The average molecular weight is 217 g/mol. The summed E-state index contributed by atoms with van der Waals surface area (Å²) in [5.74, 6) is 0.235. The number of nitrogens with zero attached hydrogens (tertiary/aromatic N) is 1. The van der Waals surface area contributed by atoms with Gasteiger partial charge < -0.3 is 0 Å². The molecule has 1 fully saturated rings. The van der Waals surface area contributed by atoms with Crippen molar-refractivity contribution in [2.45, 2.75) is 20.3 Å². The number of Topliss-reactive ketones (excluding diaryl/α,β-unsaturated/α-hetero) is 1. The molecule has 1 aromatic rings. The van der Waals surface area contributed by atoms with Crippen LogP contribution < -0.4 is 0 Å². The molecule has 1 heterocycles. The van der Waals surface area contributed by atoms with Gasteiger partial charge in [0.1, 0.15) is 0 Å². The van der Waals surface area contributed by atoms with Crippen molar-refractivity contribution in [3.05, 3.63) is 35.9 Å². The van der Waals surface area contributed by atoms with Crippen molar-refractivity contribution in [2.75, 3.05) is 19.6 Å². The van der Waals surface area contributed by atoms with Crippen LogP contribution in [0.3, 0.4) is 0 Å². The molecule has 0 spiro atoms. The SMILES string of the molecule is CC1(C)CCN(CC(=O)c2ccccc2)C1. The molecule has 0 aromatic heterocycles. The van der Waals surface area contributed by atoms with E-state index in [4.69, 9.17) is 0 Å². The largest absolute Gasteiger partial charge is 0.295 e. The van der Waals surface area contributed by atoms with Gasteiger partial charge in [-0.25, -0.2) is 0 Å². The molecular weight excluding hydrogens is 198 g/mol. The Hall–Kier alpha value is -1.15. The summed E-state index contributed by atoms with van der Waals surface area (Å²) in [6.45, 7) is 7.17. The first-order valence-electron chi connectivity index (χ1n) is 5.87. The van der Waals surface area contributed by atoms with Gasteiger partial charge in [-0.15, -0.1) is 0 Å². The van der Waals surface area contributed by atoms with E-state index < -0.39 is 0 Å². The normalized spacial score (nSPS) is 19.9. The second-order valence-electron chi connectivity index (χ2n) is 5.41. The summed E-state index contributed by atoms with van der Waals surface area (Å²) >= 11 is 0. The fourth-order valence-corrected chi connectivity index (χ4v) is 2.28. The van der Waals surface area contributed by atoms with Crippen molar-refractivity contribution in [3.8, 4) is 0 Å². The van der Waals surface area contributed by atoms with Gasteiger partial charge in [0.2, 0.25) is 0 Å². The van der Waals surface area contributed by atoms with E-state index in [2.05, 4.69) is 18.7 Å². The summed E-state index contributed by atoms with van der Waals surface area (Å²) in [6.07, 6.45) is 1.19. The van der Waals surface area contributed by atoms with E-state index in [9.17, 15) is 4.79 Å². The second kappa shape index (κ2) is 4.38. The van der Waals surface area contributed by atoms with Crippen LogP contribution >= 0.6 is 0 Å². The van der Waals surface area contributed by atoms with E-state index in [0.29, 0.717) is 12.0 Å². The Morgan fingerprint density at radius 3 is 2.56 bits per heavy atom. The molecular formula is C14H19NO. The lowest BCUT2D eigenvalue weighted by Gasteiger charge is -2.18. The van der Waals surface area contributed by atoms with Crippen molar-refractivity contribution in [3.63, 3.8) is 0 Å². The predicted octanol–water partition coefficient (Wildman–Crippen LogP) is 2.60. The monoisotopic (exact) mass is 217 g/mol. The number of likely N-dealkylation sites (tertiary alicyclic amines) is 1. The Balaban J connectivity index is 1.94. The molecule has 0 radical (unpaired) electrons. The van der Waals surface area contributed by atoms with Gasteiger partial charge in [0.15, 0.2) is 5.78 Å². The van der Waals surface area contributed by atoms with E-state index in [0.717, 1.165) is 18.7 Å². The highest BCUT2D eigenvalue weighted by molar-refractivity contribution is 5.97. The van der Waals surface area contributed by atoms with E-state index in [-0.39, 0.29) is 5.78 Å². The number of benzene rings is 1. The van der Waals surface area contributed by atoms with Crippen molar-refractivity contribution >= 4 is 5.78 Å². The highest BCUT2D eigenvalue weighted by atomic mass is 16.1. The molecule has 0 bridgehead atoms. The molecule has 0 unspecified atom stereocenters. The quantitative estimate of drug-likeness (QED) is 0.725. The first-order valence-corrected chi connectivity index (χ1v) is 5.87. The maximum atomic E-state index is 12.0. The van der Waals surface area contributed by atoms with Crippen LogP contribution in [0, 0.1) is 5.41 Å². The minimum absolute atomic E-state index is 0.235. The third-order valence-corrected chi connectivity index (χ3v) is 3.22. The van der Waals surface area contributed by atoms with Crippen molar-refractivity contribution in [1.29, 1.82) is 0 Å². The van der Waals surface area contributed by atoms with Gasteiger partial charge in [0, 0.05) is 12.1 Å². The molecule has 2 heteroatoms. The molecule has 2 nitrogen and oxygen atoms in total. The average Bonchev–Trinajstić information content (AvgIpc) is 2.59. The van der Waals surface area contributed by atoms with Crippen LogP contribution in [0.4, 0.5) is 0 Å². The topological polar surface area (TPSA) is 20.3 Å². The van der Waals surface area contributed by atoms with E-state index in [1.54, 1.807) is 0 Å². The Labute approximate surface area is 97.3 Å². The van der Waals surface area contributed by atoms with Crippen LogP contribution in [-0.4, -0.2) is 30.3 Å². The molecule has 1 aliphatic rings. The number of hydrogen-bond donors (Lipinski definition) is 0. The van der Waals surface area contributed by atoms with Crippen LogP contribution in [0.25, 0.3) is 0 Å². The molecule has 0 aliphatic carbocycles. The summed E-state index contributed by atoms with van der Waals surface area (Å²) in [4.78, 5) is 14.2. The fraction of sp³-hybridized carbons (Fsp3) is 0.500. The zero-order valence-corrected chi connectivity index (χ0v) is 10.1. The zero-order chi connectivity index (χ0) is 11.6. The highest BCUT2D eigenvalue weighted by Crippen LogP contribution is 2.28. The first kappa shape index (κ1) is 11.3. The van der Waals surface area contributed by atoms with Gasteiger partial charge >= 0.3 is 0 Å². The maximum absolute atomic E-state index is 12.0. The minimum atomic E-state index is 0.235. The Morgan fingerprint density at radius 2 is 2.00 bits per heavy atom. The maximum Gasteiger partial charge on any atom is 0.176 e. The predicted molar refractivity (Wildman–Crippen MR) is 65.6 cm³/mol. The van der Waals surface area contributed by atoms with Gasteiger partial charge in [0.25, 0.3) is 0 Å². The lowest BCUT2D eigenvalue weighted by molar-refractivity contribution is 0.0940. The molecule has 1 aromatic carbocycles. The third-order valence-electron chi connectivity index (χ3n) is 3.22. The molecule has 2 rings (SSSR count). The van der Waals surface area contributed by atoms with Crippen molar-refractivity contribution < 1.29 is 4.79 Å². The molecule has 0 atom stereocenters. The molecule has 1 saturated heterocycles. The second-order valence-corrected chi connectivity index (χ2v) is 5.41. The van der Waals surface area contributed by atoms with Gasteiger partial charge in [-0.2, -0.15) is 0 Å². The summed E-state index contributed by atoms with van der Waals surface area (Å²) in [5.41, 5.74) is 1.20. The standard InChI is InChI=1S/C14H19NO/c1-14(2)8-9-15(11-14)10-13(16)12-6-4-3-5-7-12/h3-7H,8-11H2,1-2H3. The van der Waals surface area contributed by atoms with Crippen molar-refractivity contribution in [2.24, 2.45) is 5.41 Å². The summed E-state index contributed by atoms with van der Waals surface area (Å²) in [7, 11) is 0. The van der Waals surface area contributed by atoms with Crippen LogP contribution in [0.15, 0.2) is 30.3 Å².